The Morgan fingerprint density at radius 1 is 1.07 bits per heavy atom. The lowest BCUT2D eigenvalue weighted by molar-refractivity contribution is -0.136. The third-order valence-electron chi connectivity index (χ3n) is 3.60. The SMILES string of the molecule is CC(C)(C)NC(=O)CN(Cc1ccco1)C(=O)CNS(=O)(=O)c1ccccc1. The van der Waals surface area contributed by atoms with Crippen LogP contribution >= 0.6 is 0 Å². The fourth-order valence-electron chi connectivity index (χ4n) is 2.41. The molecule has 28 heavy (non-hydrogen) atoms. The van der Waals surface area contributed by atoms with E-state index >= 15 is 0 Å². The van der Waals surface area contributed by atoms with Crippen LogP contribution in [-0.4, -0.2) is 43.8 Å². The van der Waals surface area contributed by atoms with Crippen LogP contribution in [0.1, 0.15) is 26.5 Å². The maximum absolute atomic E-state index is 12.6. The van der Waals surface area contributed by atoms with Gasteiger partial charge in [-0.3, -0.25) is 9.59 Å². The molecule has 0 saturated carbocycles. The Labute approximate surface area is 165 Å². The first-order chi connectivity index (χ1) is 13.1. The van der Waals surface area contributed by atoms with Crippen LogP contribution in [0.25, 0.3) is 0 Å². The van der Waals surface area contributed by atoms with Gasteiger partial charge in [0.25, 0.3) is 0 Å². The van der Waals surface area contributed by atoms with E-state index in [1.54, 1.807) is 30.3 Å². The summed E-state index contributed by atoms with van der Waals surface area (Å²) < 4.78 is 32.1. The predicted molar refractivity (Wildman–Crippen MR) is 104 cm³/mol. The molecular weight excluding hydrogens is 382 g/mol. The molecule has 9 heteroatoms. The molecule has 2 amide bonds. The molecule has 0 aliphatic carbocycles. The second-order valence-corrected chi connectivity index (χ2v) is 9.03. The van der Waals surface area contributed by atoms with Crippen LogP contribution in [0, 0.1) is 0 Å². The molecule has 0 saturated heterocycles. The molecule has 0 atom stereocenters. The van der Waals surface area contributed by atoms with E-state index in [-0.39, 0.29) is 23.9 Å². The third-order valence-corrected chi connectivity index (χ3v) is 5.01. The van der Waals surface area contributed by atoms with Crippen molar-refractivity contribution in [3.05, 3.63) is 54.5 Å². The monoisotopic (exact) mass is 407 g/mol. The minimum absolute atomic E-state index is 0.0520. The Hall–Kier alpha value is -2.65. The van der Waals surface area contributed by atoms with Gasteiger partial charge in [-0.05, 0) is 45.0 Å². The summed E-state index contributed by atoms with van der Waals surface area (Å²) in [5.41, 5.74) is -0.453. The van der Waals surface area contributed by atoms with Gasteiger partial charge < -0.3 is 14.6 Å². The summed E-state index contributed by atoms with van der Waals surface area (Å²) in [6.45, 7) is 4.85. The van der Waals surface area contributed by atoms with Gasteiger partial charge in [0, 0.05) is 5.54 Å². The number of rotatable bonds is 8. The summed E-state index contributed by atoms with van der Waals surface area (Å²) in [5, 5.41) is 2.78. The lowest BCUT2D eigenvalue weighted by atomic mass is 10.1. The van der Waals surface area contributed by atoms with Gasteiger partial charge in [-0.1, -0.05) is 18.2 Å². The predicted octanol–water partition coefficient (Wildman–Crippen LogP) is 1.50. The molecule has 0 radical (unpaired) electrons. The summed E-state index contributed by atoms with van der Waals surface area (Å²) in [7, 11) is -3.83. The molecule has 0 aliphatic heterocycles. The quantitative estimate of drug-likeness (QED) is 0.689. The number of furan rings is 1. The van der Waals surface area contributed by atoms with Crippen LogP contribution in [0.4, 0.5) is 0 Å². The van der Waals surface area contributed by atoms with Gasteiger partial charge in [-0.2, -0.15) is 0 Å². The minimum Gasteiger partial charge on any atom is -0.467 e. The first-order valence-electron chi connectivity index (χ1n) is 8.73. The number of carbonyl (C=O) groups excluding carboxylic acids is 2. The fourth-order valence-corrected chi connectivity index (χ4v) is 3.40. The zero-order valence-electron chi connectivity index (χ0n) is 16.1. The Morgan fingerprint density at radius 2 is 1.75 bits per heavy atom. The summed E-state index contributed by atoms with van der Waals surface area (Å²) in [4.78, 5) is 26.2. The van der Waals surface area contributed by atoms with Crippen LogP contribution in [0.2, 0.25) is 0 Å². The number of hydrogen-bond acceptors (Lipinski definition) is 5. The number of carbonyl (C=O) groups is 2. The lowest BCUT2D eigenvalue weighted by Crippen LogP contribution is -2.48. The maximum Gasteiger partial charge on any atom is 0.241 e. The molecule has 8 nitrogen and oxygen atoms in total. The highest BCUT2D eigenvalue weighted by atomic mass is 32.2. The molecule has 1 heterocycles. The van der Waals surface area contributed by atoms with E-state index in [1.165, 1.54) is 23.3 Å². The number of nitrogens with one attached hydrogen (secondary N) is 2. The van der Waals surface area contributed by atoms with Crippen molar-refractivity contribution in [2.24, 2.45) is 0 Å². The molecule has 0 aliphatic rings. The van der Waals surface area contributed by atoms with Crippen molar-refractivity contribution in [3.63, 3.8) is 0 Å². The van der Waals surface area contributed by atoms with Crippen molar-refractivity contribution in [2.45, 2.75) is 37.8 Å². The minimum atomic E-state index is -3.83. The zero-order valence-corrected chi connectivity index (χ0v) is 17.0. The molecule has 1 aromatic carbocycles. The van der Waals surface area contributed by atoms with Gasteiger partial charge in [0.15, 0.2) is 0 Å². The van der Waals surface area contributed by atoms with Crippen molar-refractivity contribution < 1.29 is 22.4 Å². The Kier molecular flexibility index (Phi) is 6.98. The van der Waals surface area contributed by atoms with Crippen molar-refractivity contribution >= 4 is 21.8 Å². The first-order valence-corrected chi connectivity index (χ1v) is 10.2. The van der Waals surface area contributed by atoms with Gasteiger partial charge in [-0.25, -0.2) is 13.1 Å². The molecule has 1 aromatic heterocycles. The summed E-state index contributed by atoms with van der Waals surface area (Å²) in [6.07, 6.45) is 1.46. The van der Waals surface area contributed by atoms with E-state index in [4.69, 9.17) is 4.42 Å². The standard InChI is InChI=1S/C19H25N3O5S/c1-19(2,3)21-17(23)14-22(13-15-8-7-11-27-15)18(24)12-20-28(25,26)16-9-5-4-6-10-16/h4-11,20H,12-14H2,1-3H3,(H,21,23). The highest BCUT2D eigenvalue weighted by Gasteiger charge is 2.23. The average Bonchev–Trinajstić information content (AvgIpc) is 3.11. The molecule has 0 unspecified atom stereocenters. The van der Waals surface area contributed by atoms with Gasteiger partial charge in [-0.15, -0.1) is 0 Å². The average molecular weight is 407 g/mol. The zero-order chi connectivity index (χ0) is 20.8. The second kappa shape index (κ2) is 9.03. The van der Waals surface area contributed by atoms with E-state index in [1.807, 2.05) is 20.8 Å². The van der Waals surface area contributed by atoms with Gasteiger partial charge in [0.1, 0.15) is 12.3 Å². The number of nitrogens with zero attached hydrogens (tertiary/aromatic N) is 1. The number of benzene rings is 1. The molecule has 0 bridgehead atoms. The van der Waals surface area contributed by atoms with Crippen LogP contribution in [0.3, 0.4) is 0 Å². The van der Waals surface area contributed by atoms with Crippen molar-refractivity contribution in [3.8, 4) is 0 Å². The second-order valence-electron chi connectivity index (χ2n) is 7.26. The van der Waals surface area contributed by atoms with E-state index in [0.717, 1.165) is 0 Å². The summed E-state index contributed by atoms with van der Waals surface area (Å²) in [6, 6.07) is 11.1. The Morgan fingerprint density at radius 3 is 2.32 bits per heavy atom. The highest BCUT2D eigenvalue weighted by molar-refractivity contribution is 7.89. The number of sulfonamides is 1. The van der Waals surface area contributed by atoms with Crippen LogP contribution in [-0.2, 0) is 26.2 Å². The van der Waals surface area contributed by atoms with Crippen molar-refractivity contribution in [1.82, 2.24) is 14.9 Å². The molecule has 0 fully saturated rings. The van der Waals surface area contributed by atoms with Crippen molar-refractivity contribution in [1.29, 1.82) is 0 Å². The van der Waals surface area contributed by atoms with Crippen LogP contribution in [0.15, 0.2) is 58.0 Å². The molecular formula is C19H25N3O5S. The molecule has 152 valence electrons. The van der Waals surface area contributed by atoms with Crippen LogP contribution < -0.4 is 10.0 Å². The fraction of sp³-hybridized carbons (Fsp3) is 0.368. The Bertz CT molecular complexity index is 887. The van der Waals surface area contributed by atoms with E-state index < -0.39 is 28.0 Å². The van der Waals surface area contributed by atoms with Gasteiger partial charge >= 0.3 is 0 Å². The van der Waals surface area contributed by atoms with Crippen molar-refractivity contribution in [2.75, 3.05) is 13.1 Å². The first kappa shape index (κ1) is 21.6. The third kappa shape index (κ3) is 6.82. The van der Waals surface area contributed by atoms with E-state index in [9.17, 15) is 18.0 Å². The van der Waals surface area contributed by atoms with E-state index in [0.29, 0.717) is 5.76 Å². The largest absolute Gasteiger partial charge is 0.467 e. The summed E-state index contributed by atoms with van der Waals surface area (Å²) in [5.74, 6) is -0.402. The topological polar surface area (TPSA) is 109 Å². The van der Waals surface area contributed by atoms with Crippen LogP contribution in [0.5, 0.6) is 0 Å². The molecule has 2 rings (SSSR count). The number of hydrogen-bond donors (Lipinski definition) is 2. The van der Waals surface area contributed by atoms with Gasteiger partial charge in [0.05, 0.1) is 24.2 Å². The number of amides is 2. The Balaban J connectivity index is 2.06. The lowest BCUT2D eigenvalue weighted by Gasteiger charge is -2.25. The summed E-state index contributed by atoms with van der Waals surface area (Å²) >= 11 is 0. The molecule has 2 aromatic rings. The highest BCUT2D eigenvalue weighted by Crippen LogP contribution is 2.09. The normalized spacial score (nSPS) is 11.8. The van der Waals surface area contributed by atoms with Gasteiger partial charge in [0.2, 0.25) is 21.8 Å². The molecule has 0 spiro atoms. The van der Waals surface area contributed by atoms with E-state index in [2.05, 4.69) is 10.0 Å². The maximum atomic E-state index is 12.6. The smallest absolute Gasteiger partial charge is 0.241 e. The molecule has 2 N–H and O–H groups in total.